The van der Waals surface area contributed by atoms with E-state index in [9.17, 15) is 4.79 Å². The van der Waals surface area contributed by atoms with E-state index in [4.69, 9.17) is 17.3 Å². The Morgan fingerprint density at radius 1 is 1.35 bits per heavy atom. The Hall–Kier alpha value is -1.55. The van der Waals surface area contributed by atoms with E-state index in [1.807, 2.05) is 19.1 Å². The van der Waals surface area contributed by atoms with Gasteiger partial charge in [0.15, 0.2) is 5.96 Å². The number of halogens is 1. The zero-order chi connectivity index (χ0) is 14.9. The lowest BCUT2D eigenvalue weighted by molar-refractivity contribution is -0.131. The molecule has 0 aliphatic carbocycles. The third-order valence-electron chi connectivity index (χ3n) is 3.40. The van der Waals surface area contributed by atoms with Crippen LogP contribution in [0.15, 0.2) is 29.3 Å². The van der Waals surface area contributed by atoms with Crippen LogP contribution < -0.4 is 5.73 Å². The zero-order valence-electron chi connectivity index (χ0n) is 12.1. The van der Waals surface area contributed by atoms with Gasteiger partial charge in [-0.1, -0.05) is 37.6 Å². The Kier molecular flexibility index (Phi) is 4.04. The molecule has 108 valence electrons. The number of carbonyl (C=O) groups is 1. The first-order chi connectivity index (χ1) is 9.32. The Labute approximate surface area is 124 Å². The normalized spacial score (nSPS) is 22.6. The van der Waals surface area contributed by atoms with Crippen molar-refractivity contribution in [3.8, 4) is 0 Å². The predicted octanol–water partition coefficient (Wildman–Crippen LogP) is 2.80. The molecule has 0 fully saturated rings. The molecule has 0 radical (unpaired) electrons. The molecule has 1 heterocycles. The first kappa shape index (κ1) is 14.9. The van der Waals surface area contributed by atoms with Crippen LogP contribution in [0, 0.1) is 5.92 Å². The van der Waals surface area contributed by atoms with E-state index < -0.39 is 5.54 Å². The van der Waals surface area contributed by atoms with Crippen LogP contribution >= 0.6 is 11.6 Å². The van der Waals surface area contributed by atoms with Crippen molar-refractivity contribution in [2.45, 2.75) is 39.3 Å². The summed E-state index contributed by atoms with van der Waals surface area (Å²) in [6, 6.07) is 7.39. The number of rotatable bonds is 4. The first-order valence-corrected chi connectivity index (χ1v) is 7.11. The second-order valence-corrected chi connectivity index (χ2v) is 6.30. The number of nitrogens with zero attached hydrogens (tertiary/aromatic N) is 2. The number of amides is 1. The largest absolute Gasteiger partial charge is 0.369 e. The molecule has 1 aromatic rings. The number of nitrogens with two attached hydrogens (primary N) is 1. The lowest BCUT2D eigenvalue weighted by Gasteiger charge is -2.23. The average molecular weight is 294 g/mol. The summed E-state index contributed by atoms with van der Waals surface area (Å²) in [7, 11) is 0. The quantitative estimate of drug-likeness (QED) is 0.928. The molecule has 0 spiro atoms. The van der Waals surface area contributed by atoms with Crippen molar-refractivity contribution in [2.24, 2.45) is 16.6 Å². The number of guanidine groups is 1. The van der Waals surface area contributed by atoms with Crippen molar-refractivity contribution in [1.82, 2.24) is 4.90 Å². The summed E-state index contributed by atoms with van der Waals surface area (Å²) in [5, 5.41) is 0.674. The van der Waals surface area contributed by atoms with Crippen LogP contribution in [0.5, 0.6) is 0 Å². The van der Waals surface area contributed by atoms with E-state index in [1.165, 1.54) is 0 Å². The SMILES string of the molecule is CC(C)CC1(C)N=C(N)N(Cc2ccc(Cl)cc2)C1=O. The Bertz CT molecular complexity index is 539. The summed E-state index contributed by atoms with van der Waals surface area (Å²) in [6.45, 7) is 6.43. The summed E-state index contributed by atoms with van der Waals surface area (Å²) in [5.41, 5.74) is 6.18. The van der Waals surface area contributed by atoms with Gasteiger partial charge >= 0.3 is 0 Å². The molecule has 5 heteroatoms. The second kappa shape index (κ2) is 5.44. The number of benzene rings is 1. The fourth-order valence-electron chi connectivity index (χ4n) is 2.61. The molecule has 1 aliphatic heterocycles. The topological polar surface area (TPSA) is 58.7 Å². The number of hydrogen-bond acceptors (Lipinski definition) is 3. The highest BCUT2D eigenvalue weighted by Crippen LogP contribution is 2.29. The second-order valence-electron chi connectivity index (χ2n) is 5.86. The van der Waals surface area contributed by atoms with Crippen LogP contribution in [0.3, 0.4) is 0 Å². The molecule has 20 heavy (non-hydrogen) atoms. The monoisotopic (exact) mass is 293 g/mol. The summed E-state index contributed by atoms with van der Waals surface area (Å²) in [5.74, 6) is 0.655. The van der Waals surface area contributed by atoms with Gasteiger partial charge in [-0.05, 0) is 37.0 Å². The molecule has 1 atom stereocenters. The van der Waals surface area contributed by atoms with Crippen LogP contribution in [0.1, 0.15) is 32.8 Å². The van der Waals surface area contributed by atoms with Crippen molar-refractivity contribution in [1.29, 1.82) is 0 Å². The van der Waals surface area contributed by atoms with Crippen LogP contribution in [0.4, 0.5) is 0 Å². The Morgan fingerprint density at radius 3 is 2.50 bits per heavy atom. The molecule has 2 N–H and O–H groups in total. The summed E-state index contributed by atoms with van der Waals surface area (Å²) < 4.78 is 0. The average Bonchev–Trinajstić information content (AvgIpc) is 2.54. The van der Waals surface area contributed by atoms with Gasteiger partial charge in [0.2, 0.25) is 0 Å². The molecule has 0 saturated carbocycles. The smallest absolute Gasteiger partial charge is 0.257 e. The number of aliphatic imine (C=N–C) groups is 1. The standard InChI is InChI=1S/C15H20ClN3O/c1-10(2)8-15(3)13(20)19(14(17)18-15)9-11-4-6-12(16)7-5-11/h4-7,10H,8-9H2,1-3H3,(H2,17,18). The highest BCUT2D eigenvalue weighted by molar-refractivity contribution is 6.30. The van der Waals surface area contributed by atoms with Crippen molar-refractivity contribution >= 4 is 23.5 Å². The minimum absolute atomic E-state index is 0.0290. The molecular weight excluding hydrogens is 274 g/mol. The van der Waals surface area contributed by atoms with Gasteiger partial charge in [0, 0.05) is 5.02 Å². The highest BCUT2D eigenvalue weighted by atomic mass is 35.5. The van der Waals surface area contributed by atoms with Crippen LogP contribution in [-0.4, -0.2) is 22.3 Å². The van der Waals surface area contributed by atoms with Crippen molar-refractivity contribution in [2.75, 3.05) is 0 Å². The molecular formula is C15H20ClN3O. The van der Waals surface area contributed by atoms with Gasteiger partial charge in [-0.25, -0.2) is 4.99 Å². The molecule has 1 amide bonds. The van der Waals surface area contributed by atoms with E-state index >= 15 is 0 Å². The maximum atomic E-state index is 12.5. The van der Waals surface area contributed by atoms with E-state index in [2.05, 4.69) is 18.8 Å². The van der Waals surface area contributed by atoms with Crippen molar-refractivity contribution < 1.29 is 4.79 Å². The minimum Gasteiger partial charge on any atom is -0.369 e. The molecule has 2 rings (SSSR count). The van der Waals surface area contributed by atoms with Crippen LogP contribution in [0.25, 0.3) is 0 Å². The van der Waals surface area contributed by atoms with E-state index in [1.54, 1.807) is 17.0 Å². The lowest BCUT2D eigenvalue weighted by atomic mass is 9.91. The molecule has 1 aromatic carbocycles. The molecule has 0 bridgehead atoms. The summed E-state index contributed by atoms with van der Waals surface area (Å²) in [4.78, 5) is 18.5. The van der Waals surface area contributed by atoms with Gasteiger partial charge in [-0.3, -0.25) is 9.69 Å². The van der Waals surface area contributed by atoms with Crippen LogP contribution in [-0.2, 0) is 11.3 Å². The maximum absolute atomic E-state index is 12.5. The van der Waals surface area contributed by atoms with Gasteiger partial charge in [0.1, 0.15) is 5.54 Å². The lowest BCUT2D eigenvalue weighted by Crippen LogP contribution is -2.42. The molecule has 1 aliphatic rings. The zero-order valence-corrected chi connectivity index (χ0v) is 12.8. The van der Waals surface area contributed by atoms with E-state index in [0.717, 1.165) is 5.56 Å². The van der Waals surface area contributed by atoms with Crippen molar-refractivity contribution in [3.63, 3.8) is 0 Å². The van der Waals surface area contributed by atoms with E-state index in [0.29, 0.717) is 29.9 Å². The maximum Gasteiger partial charge on any atom is 0.257 e. The highest BCUT2D eigenvalue weighted by Gasteiger charge is 2.43. The van der Waals surface area contributed by atoms with Gasteiger partial charge in [0.05, 0.1) is 6.54 Å². The summed E-state index contributed by atoms with van der Waals surface area (Å²) in [6.07, 6.45) is 0.698. The van der Waals surface area contributed by atoms with Gasteiger partial charge < -0.3 is 5.73 Å². The summed E-state index contributed by atoms with van der Waals surface area (Å²) >= 11 is 5.86. The molecule has 0 aromatic heterocycles. The number of hydrogen-bond donors (Lipinski definition) is 1. The fraction of sp³-hybridized carbons (Fsp3) is 0.467. The molecule has 4 nitrogen and oxygen atoms in total. The van der Waals surface area contributed by atoms with Gasteiger partial charge in [0.25, 0.3) is 5.91 Å². The van der Waals surface area contributed by atoms with Crippen molar-refractivity contribution in [3.05, 3.63) is 34.9 Å². The first-order valence-electron chi connectivity index (χ1n) is 6.73. The van der Waals surface area contributed by atoms with E-state index in [-0.39, 0.29) is 5.91 Å². The third kappa shape index (κ3) is 2.96. The Morgan fingerprint density at radius 2 is 1.95 bits per heavy atom. The van der Waals surface area contributed by atoms with Crippen LogP contribution in [0.2, 0.25) is 5.02 Å². The van der Waals surface area contributed by atoms with Gasteiger partial charge in [-0.2, -0.15) is 0 Å². The Balaban J connectivity index is 2.16. The molecule has 0 saturated heterocycles. The molecule has 1 unspecified atom stereocenters. The third-order valence-corrected chi connectivity index (χ3v) is 3.66. The number of carbonyl (C=O) groups excluding carboxylic acids is 1. The fourth-order valence-corrected chi connectivity index (χ4v) is 2.73. The van der Waals surface area contributed by atoms with Gasteiger partial charge in [-0.15, -0.1) is 0 Å². The predicted molar refractivity (Wildman–Crippen MR) is 81.5 cm³/mol. The minimum atomic E-state index is -0.731.